The van der Waals surface area contributed by atoms with Gasteiger partial charge in [0.2, 0.25) is 16.2 Å². The van der Waals surface area contributed by atoms with E-state index in [4.69, 9.17) is 0 Å². The van der Waals surface area contributed by atoms with E-state index in [-0.39, 0.29) is 11.2 Å². The Labute approximate surface area is 159 Å². The molecule has 0 radical (unpaired) electrons. The molecule has 0 spiro atoms. The van der Waals surface area contributed by atoms with E-state index in [1.165, 1.54) is 28.7 Å². The molecule has 0 fully saturated rings. The van der Waals surface area contributed by atoms with Gasteiger partial charge in [0.05, 0.1) is 10.9 Å². The van der Waals surface area contributed by atoms with Crippen molar-refractivity contribution in [2.75, 3.05) is 5.32 Å². The number of aryl methyl sites for hydroxylation is 2. The van der Waals surface area contributed by atoms with Crippen LogP contribution in [0.1, 0.15) is 31.3 Å². The van der Waals surface area contributed by atoms with Crippen molar-refractivity contribution in [3.05, 3.63) is 34.8 Å². The zero-order valence-corrected chi connectivity index (χ0v) is 16.3. The lowest BCUT2D eigenvalue weighted by Crippen LogP contribution is -2.22. The van der Waals surface area contributed by atoms with Crippen LogP contribution in [0.15, 0.2) is 29.4 Å². The van der Waals surface area contributed by atoms with Crippen molar-refractivity contribution in [3.8, 4) is 5.69 Å². The highest BCUT2D eigenvalue weighted by molar-refractivity contribution is 8.00. The Bertz CT molecular complexity index is 875. The number of amides is 1. The van der Waals surface area contributed by atoms with E-state index in [0.717, 1.165) is 23.5 Å². The van der Waals surface area contributed by atoms with Crippen LogP contribution >= 0.6 is 23.1 Å². The first-order valence-corrected chi connectivity index (χ1v) is 9.98. The maximum absolute atomic E-state index is 12.4. The number of anilines is 1. The molecule has 1 amide bonds. The Morgan fingerprint density at radius 2 is 1.96 bits per heavy atom. The van der Waals surface area contributed by atoms with Crippen LogP contribution in [0.25, 0.3) is 5.69 Å². The lowest BCUT2D eigenvalue weighted by molar-refractivity contribution is -0.115. The van der Waals surface area contributed by atoms with Crippen LogP contribution in [0, 0.1) is 0 Å². The minimum atomic E-state index is -0.386. The quantitative estimate of drug-likeness (QED) is 0.620. The van der Waals surface area contributed by atoms with Gasteiger partial charge in [-0.3, -0.25) is 10.1 Å². The summed E-state index contributed by atoms with van der Waals surface area (Å²) in [5.41, 5.74) is 2.10. The van der Waals surface area contributed by atoms with Gasteiger partial charge >= 0.3 is 0 Å². The predicted molar refractivity (Wildman–Crippen MR) is 102 cm³/mol. The lowest BCUT2D eigenvalue weighted by atomic mass is 10.1. The van der Waals surface area contributed by atoms with Gasteiger partial charge in [0.15, 0.2) is 0 Å². The molecule has 2 aromatic heterocycles. The van der Waals surface area contributed by atoms with Crippen LogP contribution in [0.3, 0.4) is 0 Å². The van der Waals surface area contributed by atoms with Crippen molar-refractivity contribution >= 4 is 34.1 Å². The molecule has 1 atom stereocenters. The summed E-state index contributed by atoms with van der Waals surface area (Å²) in [6.45, 7) is 5.91. The first-order valence-electron chi connectivity index (χ1n) is 8.28. The predicted octanol–water partition coefficient (Wildman–Crippen LogP) is 2.76. The molecule has 0 aliphatic carbocycles. The highest BCUT2D eigenvalue weighted by Gasteiger charge is 2.20. The number of hydrogen-bond acceptors (Lipinski definition) is 8. The molecule has 0 aliphatic heterocycles. The molecular weight excluding hydrogens is 370 g/mol. The topological polar surface area (TPSA) is 98.5 Å². The fourth-order valence-corrected chi connectivity index (χ4v) is 3.64. The summed E-state index contributed by atoms with van der Waals surface area (Å²) >= 11 is 2.67. The number of nitrogens with one attached hydrogen (secondary N) is 1. The highest BCUT2D eigenvalue weighted by atomic mass is 32.2. The van der Waals surface area contributed by atoms with Gasteiger partial charge < -0.3 is 0 Å². The normalized spacial score (nSPS) is 12.1. The summed E-state index contributed by atoms with van der Waals surface area (Å²) in [4.78, 5) is 12.4. The van der Waals surface area contributed by atoms with Crippen molar-refractivity contribution in [1.29, 1.82) is 0 Å². The van der Waals surface area contributed by atoms with Gasteiger partial charge in [-0.15, -0.1) is 15.3 Å². The summed E-state index contributed by atoms with van der Waals surface area (Å²) < 4.78 is 1.63. The van der Waals surface area contributed by atoms with Gasteiger partial charge in [-0.2, -0.15) is 4.68 Å². The number of benzene rings is 1. The van der Waals surface area contributed by atoms with Crippen molar-refractivity contribution in [2.24, 2.45) is 0 Å². The second-order valence-corrected chi connectivity index (χ2v) is 7.87. The molecule has 26 heavy (non-hydrogen) atoms. The minimum Gasteiger partial charge on any atom is -0.300 e. The summed E-state index contributed by atoms with van der Waals surface area (Å²) in [5.74, 6) is -0.162. The summed E-state index contributed by atoms with van der Waals surface area (Å²) in [6, 6.07) is 8.03. The van der Waals surface area contributed by atoms with Crippen molar-refractivity contribution < 1.29 is 4.79 Å². The Balaban J connectivity index is 1.68. The molecule has 1 aromatic carbocycles. The molecule has 3 rings (SSSR count). The molecule has 0 saturated heterocycles. The molecule has 136 valence electrons. The van der Waals surface area contributed by atoms with Crippen LogP contribution in [-0.4, -0.2) is 41.6 Å². The van der Waals surface area contributed by atoms with E-state index in [0.29, 0.717) is 10.3 Å². The average molecular weight is 390 g/mol. The third-order valence-electron chi connectivity index (χ3n) is 3.68. The zero-order valence-electron chi connectivity index (χ0n) is 14.7. The van der Waals surface area contributed by atoms with Crippen LogP contribution < -0.4 is 5.32 Å². The Hall–Kier alpha value is -2.33. The number of hydrogen-bond donors (Lipinski definition) is 1. The molecule has 0 aliphatic rings. The van der Waals surface area contributed by atoms with Gasteiger partial charge in [-0.1, -0.05) is 49.1 Å². The van der Waals surface area contributed by atoms with Crippen LogP contribution in [0.2, 0.25) is 0 Å². The lowest BCUT2D eigenvalue weighted by Gasteiger charge is -2.10. The van der Waals surface area contributed by atoms with E-state index in [1.54, 1.807) is 11.6 Å². The van der Waals surface area contributed by atoms with E-state index >= 15 is 0 Å². The molecule has 0 saturated carbocycles. The van der Waals surface area contributed by atoms with Crippen LogP contribution in [-0.2, 0) is 17.6 Å². The number of tetrazole rings is 1. The molecular formula is C16H19N7OS2. The number of carbonyl (C=O) groups excluding carboxylic acids is 1. The third-order valence-corrected chi connectivity index (χ3v) is 5.70. The second-order valence-electron chi connectivity index (χ2n) is 5.50. The fourth-order valence-electron chi connectivity index (χ4n) is 2.15. The summed E-state index contributed by atoms with van der Waals surface area (Å²) in [6.07, 6.45) is 1.77. The second kappa shape index (κ2) is 8.37. The first-order chi connectivity index (χ1) is 12.6. The minimum absolute atomic E-state index is 0.162. The largest absolute Gasteiger partial charge is 0.300 e. The van der Waals surface area contributed by atoms with Gasteiger partial charge in [0.1, 0.15) is 5.01 Å². The number of aromatic nitrogens is 6. The maximum atomic E-state index is 12.4. The summed E-state index contributed by atoms with van der Waals surface area (Å²) in [5, 5.41) is 24.2. The van der Waals surface area contributed by atoms with Crippen molar-refractivity contribution in [2.45, 2.75) is 44.0 Å². The third kappa shape index (κ3) is 4.25. The van der Waals surface area contributed by atoms with E-state index < -0.39 is 0 Å². The zero-order chi connectivity index (χ0) is 18.5. The molecule has 0 unspecified atom stereocenters. The molecule has 10 heteroatoms. The standard InChI is InChI=1S/C16H19N7OS2/c1-4-11-6-8-12(9-7-11)23-16(20-21-22-23)25-10(3)14(24)17-15-19-18-13(5-2)26-15/h6-10H,4-5H2,1-3H3,(H,17,19,24)/t10-/m1/s1. The average Bonchev–Trinajstić information content (AvgIpc) is 3.31. The molecule has 2 heterocycles. The number of rotatable bonds is 7. The molecule has 3 aromatic rings. The summed E-state index contributed by atoms with van der Waals surface area (Å²) in [7, 11) is 0. The molecule has 0 bridgehead atoms. The van der Waals surface area contributed by atoms with Gasteiger partial charge in [-0.05, 0) is 47.9 Å². The Morgan fingerprint density at radius 1 is 1.19 bits per heavy atom. The van der Waals surface area contributed by atoms with Crippen molar-refractivity contribution in [1.82, 2.24) is 30.4 Å². The maximum Gasteiger partial charge on any atom is 0.239 e. The number of nitrogens with zero attached hydrogens (tertiary/aromatic N) is 6. The van der Waals surface area contributed by atoms with Crippen LogP contribution in [0.5, 0.6) is 0 Å². The van der Waals surface area contributed by atoms with Crippen molar-refractivity contribution in [3.63, 3.8) is 0 Å². The smallest absolute Gasteiger partial charge is 0.239 e. The number of carbonyl (C=O) groups is 1. The monoisotopic (exact) mass is 389 g/mol. The molecule has 1 N–H and O–H groups in total. The number of thioether (sulfide) groups is 1. The van der Waals surface area contributed by atoms with E-state index in [9.17, 15) is 4.79 Å². The van der Waals surface area contributed by atoms with Gasteiger partial charge in [-0.25, -0.2) is 0 Å². The Kier molecular flexibility index (Phi) is 5.94. The Morgan fingerprint density at radius 3 is 2.62 bits per heavy atom. The van der Waals surface area contributed by atoms with E-state index in [1.807, 2.05) is 31.2 Å². The van der Waals surface area contributed by atoms with E-state index in [2.05, 4.69) is 38.0 Å². The molecule has 8 nitrogen and oxygen atoms in total. The SMILES string of the molecule is CCc1ccc(-n2nnnc2S[C@H](C)C(=O)Nc2nnc(CC)s2)cc1. The van der Waals surface area contributed by atoms with Crippen LogP contribution in [0.4, 0.5) is 5.13 Å². The van der Waals surface area contributed by atoms with Gasteiger partial charge in [0.25, 0.3) is 0 Å². The fraction of sp³-hybridized carbons (Fsp3) is 0.375. The highest BCUT2D eigenvalue weighted by Crippen LogP contribution is 2.24. The first kappa shape index (κ1) is 18.5. The van der Waals surface area contributed by atoms with Gasteiger partial charge in [0, 0.05) is 0 Å².